The van der Waals surface area contributed by atoms with E-state index in [9.17, 15) is 18.0 Å². The molecule has 0 spiro atoms. The highest BCUT2D eigenvalue weighted by atomic mass is 19.4. The number of aryl methyl sites for hydroxylation is 1. The van der Waals surface area contributed by atoms with Crippen LogP contribution in [0.15, 0.2) is 41.3 Å². The summed E-state index contributed by atoms with van der Waals surface area (Å²) >= 11 is 0. The molecule has 8 nitrogen and oxygen atoms in total. The van der Waals surface area contributed by atoms with Crippen LogP contribution in [0.2, 0.25) is 0 Å². The maximum atomic E-state index is 12.8. The van der Waals surface area contributed by atoms with Gasteiger partial charge in [0.15, 0.2) is 0 Å². The van der Waals surface area contributed by atoms with Gasteiger partial charge in [0, 0.05) is 44.8 Å². The van der Waals surface area contributed by atoms with Gasteiger partial charge < -0.3 is 14.2 Å². The zero-order valence-electron chi connectivity index (χ0n) is 20.5. The fourth-order valence-electron chi connectivity index (χ4n) is 4.88. The van der Waals surface area contributed by atoms with Gasteiger partial charge in [-0.1, -0.05) is 26.0 Å². The zero-order chi connectivity index (χ0) is 26.0. The van der Waals surface area contributed by atoms with E-state index >= 15 is 0 Å². The van der Waals surface area contributed by atoms with E-state index < -0.39 is 6.36 Å². The number of halogens is 3. The first-order valence-electron chi connectivity index (χ1n) is 11.9. The van der Waals surface area contributed by atoms with Crippen LogP contribution in [0.25, 0.3) is 11.0 Å². The second-order valence-corrected chi connectivity index (χ2v) is 9.04. The van der Waals surface area contributed by atoms with Crippen LogP contribution in [0.5, 0.6) is 5.75 Å². The number of benzene rings is 1. The summed E-state index contributed by atoms with van der Waals surface area (Å²) in [7, 11) is 1.70. The third kappa shape index (κ3) is 5.33. The number of pyridine rings is 1. The molecule has 3 aromatic rings. The Balaban J connectivity index is 1.60. The number of nitriles is 1. The minimum atomic E-state index is -4.71. The predicted molar refractivity (Wildman–Crippen MR) is 130 cm³/mol. The van der Waals surface area contributed by atoms with Gasteiger partial charge in [-0.2, -0.15) is 10.4 Å². The highest BCUT2D eigenvalue weighted by Crippen LogP contribution is 2.31. The SMILES string of the molecule is CC[C@@H]1CN(c2cc(=O)n(C)c3cn(CC#N)nc23)[C@@H](CC)CN1Cc1ccc(OC(F)(F)F)cc1. The van der Waals surface area contributed by atoms with E-state index in [0.29, 0.717) is 24.1 Å². The van der Waals surface area contributed by atoms with Gasteiger partial charge in [-0.25, -0.2) is 0 Å². The van der Waals surface area contributed by atoms with Gasteiger partial charge in [0.2, 0.25) is 0 Å². The van der Waals surface area contributed by atoms with E-state index in [2.05, 4.69) is 39.6 Å². The number of fused-ring (bicyclic) bond motifs is 1. The standard InChI is InChI=1S/C25H29F3N6O2/c1-4-18-15-34(21-12-23(35)31(3)22-16-33(11-10-29)30-24(21)22)19(5-2)14-32(18)13-17-6-8-20(9-7-17)36-25(26,27)28/h6-9,12,16,18-19H,4-5,11,13-15H2,1-3H3/t18-,19+/m1/s1. The van der Waals surface area contributed by atoms with Crippen LogP contribution in [-0.4, -0.2) is 50.8 Å². The summed E-state index contributed by atoms with van der Waals surface area (Å²) in [5, 5.41) is 13.7. The average molecular weight is 503 g/mol. The maximum Gasteiger partial charge on any atom is 0.573 e. The van der Waals surface area contributed by atoms with E-state index in [0.717, 1.165) is 30.6 Å². The molecule has 1 aliphatic heterocycles. The average Bonchev–Trinajstić information content (AvgIpc) is 3.26. The van der Waals surface area contributed by atoms with Crippen molar-refractivity contribution in [3.8, 4) is 11.8 Å². The van der Waals surface area contributed by atoms with Crippen molar-refractivity contribution in [3.05, 3.63) is 52.4 Å². The molecule has 0 radical (unpaired) electrons. The van der Waals surface area contributed by atoms with E-state index in [-0.39, 0.29) is 29.9 Å². The van der Waals surface area contributed by atoms with Gasteiger partial charge in [0.1, 0.15) is 17.8 Å². The molecule has 11 heteroatoms. The van der Waals surface area contributed by atoms with Crippen molar-refractivity contribution in [2.75, 3.05) is 18.0 Å². The summed E-state index contributed by atoms with van der Waals surface area (Å²) in [5.41, 5.74) is 2.90. The largest absolute Gasteiger partial charge is 0.573 e. The van der Waals surface area contributed by atoms with Crippen LogP contribution in [0.1, 0.15) is 32.3 Å². The summed E-state index contributed by atoms with van der Waals surface area (Å²) < 4.78 is 44.5. The Morgan fingerprint density at radius 3 is 2.44 bits per heavy atom. The molecule has 1 saturated heterocycles. The second-order valence-electron chi connectivity index (χ2n) is 9.04. The Kier molecular flexibility index (Phi) is 7.26. The van der Waals surface area contributed by atoms with Gasteiger partial charge in [0.25, 0.3) is 5.56 Å². The number of rotatable bonds is 7. The first kappa shape index (κ1) is 25.6. The van der Waals surface area contributed by atoms with E-state index in [4.69, 9.17) is 5.26 Å². The lowest BCUT2D eigenvalue weighted by atomic mass is 10.00. The Hall–Kier alpha value is -3.52. The third-order valence-corrected chi connectivity index (χ3v) is 6.77. The fourth-order valence-corrected chi connectivity index (χ4v) is 4.88. The second kappa shape index (κ2) is 10.2. The van der Waals surface area contributed by atoms with Crippen molar-refractivity contribution in [2.45, 2.75) is 58.2 Å². The molecule has 2 aromatic heterocycles. The molecule has 0 aliphatic carbocycles. The molecule has 1 aliphatic rings. The highest BCUT2D eigenvalue weighted by molar-refractivity contribution is 5.88. The van der Waals surface area contributed by atoms with Crippen LogP contribution in [0.3, 0.4) is 0 Å². The molecular weight excluding hydrogens is 473 g/mol. The number of piperazine rings is 1. The van der Waals surface area contributed by atoms with Gasteiger partial charge in [-0.05, 0) is 30.5 Å². The van der Waals surface area contributed by atoms with Gasteiger partial charge >= 0.3 is 6.36 Å². The number of hydrogen-bond donors (Lipinski definition) is 0. The molecule has 36 heavy (non-hydrogen) atoms. The van der Waals surface area contributed by atoms with Gasteiger partial charge in [-0.3, -0.25) is 14.4 Å². The molecule has 4 rings (SSSR count). The van der Waals surface area contributed by atoms with Crippen molar-refractivity contribution in [2.24, 2.45) is 7.05 Å². The summed E-state index contributed by atoms with van der Waals surface area (Å²) in [6, 6.07) is 9.98. The van der Waals surface area contributed by atoms with Crippen molar-refractivity contribution in [1.82, 2.24) is 19.2 Å². The quantitative estimate of drug-likeness (QED) is 0.485. The van der Waals surface area contributed by atoms with Gasteiger partial charge in [-0.15, -0.1) is 13.2 Å². The van der Waals surface area contributed by atoms with Gasteiger partial charge in [0.05, 0.1) is 23.5 Å². The summed E-state index contributed by atoms with van der Waals surface area (Å²) in [4.78, 5) is 17.4. The fraction of sp³-hybridized carbons (Fsp3) is 0.480. The molecule has 0 bridgehead atoms. The molecule has 0 unspecified atom stereocenters. The number of alkyl halides is 3. The number of anilines is 1. The van der Waals surface area contributed by atoms with Crippen LogP contribution in [0, 0.1) is 11.3 Å². The molecule has 0 amide bonds. The maximum absolute atomic E-state index is 12.8. The van der Waals surface area contributed by atoms with E-state index in [1.54, 1.807) is 40.7 Å². The number of hydrogen-bond acceptors (Lipinski definition) is 6. The van der Waals surface area contributed by atoms with Crippen LogP contribution < -0.4 is 15.2 Å². The molecule has 2 atom stereocenters. The molecule has 0 saturated carbocycles. The van der Waals surface area contributed by atoms with E-state index in [1.165, 1.54) is 12.1 Å². The van der Waals surface area contributed by atoms with Crippen LogP contribution in [0.4, 0.5) is 18.9 Å². The van der Waals surface area contributed by atoms with Crippen LogP contribution >= 0.6 is 0 Å². The van der Waals surface area contributed by atoms with Crippen molar-refractivity contribution in [1.29, 1.82) is 5.26 Å². The van der Waals surface area contributed by atoms with Crippen molar-refractivity contribution >= 4 is 16.7 Å². The minimum Gasteiger partial charge on any atom is -0.406 e. The molecule has 3 heterocycles. The van der Waals surface area contributed by atoms with Crippen molar-refractivity contribution in [3.63, 3.8) is 0 Å². The summed E-state index contributed by atoms with van der Waals surface area (Å²) in [5.74, 6) is -0.236. The number of aromatic nitrogens is 3. The van der Waals surface area contributed by atoms with Crippen molar-refractivity contribution < 1.29 is 17.9 Å². The lowest BCUT2D eigenvalue weighted by Crippen LogP contribution is -2.58. The summed E-state index contributed by atoms with van der Waals surface area (Å²) in [6.45, 7) is 6.29. The highest BCUT2D eigenvalue weighted by Gasteiger charge is 2.34. The normalized spacial score (nSPS) is 19.0. The number of nitrogens with zero attached hydrogens (tertiary/aromatic N) is 6. The lowest BCUT2D eigenvalue weighted by molar-refractivity contribution is -0.274. The Labute approximate surface area is 207 Å². The lowest BCUT2D eigenvalue weighted by Gasteiger charge is -2.47. The Bertz CT molecular complexity index is 1310. The number of ether oxygens (including phenoxy) is 1. The summed E-state index contributed by atoms with van der Waals surface area (Å²) in [6.07, 6.45) is -1.29. The molecule has 1 fully saturated rings. The first-order valence-corrected chi connectivity index (χ1v) is 11.9. The molecule has 192 valence electrons. The third-order valence-electron chi connectivity index (χ3n) is 6.77. The van der Waals surface area contributed by atoms with Crippen LogP contribution in [-0.2, 0) is 20.1 Å². The molecular formula is C25H29F3N6O2. The first-order chi connectivity index (χ1) is 17.1. The van der Waals surface area contributed by atoms with E-state index in [1.807, 2.05) is 0 Å². The monoisotopic (exact) mass is 502 g/mol. The molecule has 0 N–H and O–H groups in total. The minimum absolute atomic E-state index is 0.0949. The predicted octanol–water partition coefficient (Wildman–Crippen LogP) is 4.04. The zero-order valence-corrected chi connectivity index (χ0v) is 20.5. The topological polar surface area (TPSA) is 79.3 Å². The Morgan fingerprint density at radius 1 is 1.14 bits per heavy atom. The smallest absolute Gasteiger partial charge is 0.406 e. The molecule has 1 aromatic carbocycles. The Morgan fingerprint density at radius 2 is 1.83 bits per heavy atom.